The topological polar surface area (TPSA) is 26.3 Å². The van der Waals surface area contributed by atoms with E-state index in [1.54, 1.807) is 7.11 Å². The van der Waals surface area contributed by atoms with Crippen LogP contribution in [-0.4, -0.2) is 12.9 Å². The zero-order valence-electron chi connectivity index (χ0n) is 11.7. The minimum Gasteiger partial charge on any atom is -0.496 e. The number of ketones is 1. The number of rotatable bonds is 3. The lowest BCUT2D eigenvalue weighted by Gasteiger charge is -2.14. The molecule has 1 aromatic carbocycles. The number of Topliss-reactive ketones (excluding diaryl/α,β-unsaturated/α-hetero) is 1. The maximum atomic E-state index is 12.5. The van der Waals surface area contributed by atoms with Gasteiger partial charge >= 0.3 is 0 Å². The Morgan fingerprint density at radius 3 is 2.50 bits per heavy atom. The summed E-state index contributed by atoms with van der Waals surface area (Å²) < 4.78 is 5.29. The van der Waals surface area contributed by atoms with Gasteiger partial charge in [-0.2, -0.15) is 0 Å². The fraction of sp³-hybridized carbons (Fsp3) is 0.562. The summed E-state index contributed by atoms with van der Waals surface area (Å²) in [4.78, 5) is 12.5. The van der Waals surface area contributed by atoms with Crippen LogP contribution in [0.2, 0.25) is 0 Å². The molecule has 0 N–H and O–H groups in total. The summed E-state index contributed by atoms with van der Waals surface area (Å²) in [6, 6.07) is 3.96. The summed E-state index contributed by atoms with van der Waals surface area (Å²) in [5.74, 6) is 2.11. The molecule has 0 amide bonds. The van der Waals surface area contributed by atoms with Crippen LogP contribution < -0.4 is 4.74 Å². The van der Waals surface area contributed by atoms with E-state index < -0.39 is 0 Å². The van der Waals surface area contributed by atoms with Crippen molar-refractivity contribution in [2.75, 3.05) is 7.11 Å². The quantitative estimate of drug-likeness (QED) is 0.755. The molecule has 0 heterocycles. The Kier molecular flexibility index (Phi) is 3.74. The van der Waals surface area contributed by atoms with E-state index in [0.29, 0.717) is 11.7 Å². The number of aryl methyl sites for hydroxylation is 2. The molecule has 0 saturated heterocycles. The van der Waals surface area contributed by atoms with Crippen LogP contribution in [0.25, 0.3) is 0 Å². The van der Waals surface area contributed by atoms with Gasteiger partial charge in [0.1, 0.15) is 5.75 Å². The number of carbonyl (C=O) groups excluding carboxylic acids is 1. The number of benzene rings is 1. The largest absolute Gasteiger partial charge is 0.496 e. The third-order valence-electron chi connectivity index (χ3n) is 4.07. The molecule has 1 aliphatic rings. The first-order valence-corrected chi connectivity index (χ1v) is 6.72. The molecule has 0 aromatic heterocycles. The van der Waals surface area contributed by atoms with E-state index in [-0.39, 0.29) is 5.92 Å². The molecule has 2 unspecified atom stereocenters. The third kappa shape index (κ3) is 2.43. The Morgan fingerprint density at radius 1 is 1.22 bits per heavy atom. The monoisotopic (exact) mass is 246 g/mol. The highest BCUT2D eigenvalue weighted by molar-refractivity contribution is 5.99. The fourth-order valence-electron chi connectivity index (χ4n) is 2.94. The first-order valence-electron chi connectivity index (χ1n) is 6.72. The molecule has 2 rings (SSSR count). The average molecular weight is 246 g/mol. The minimum absolute atomic E-state index is 0.228. The van der Waals surface area contributed by atoms with Gasteiger partial charge in [0.05, 0.1) is 7.11 Å². The van der Waals surface area contributed by atoms with Crippen molar-refractivity contribution in [3.63, 3.8) is 0 Å². The van der Waals surface area contributed by atoms with E-state index in [2.05, 4.69) is 6.92 Å². The summed E-state index contributed by atoms with van der Waals surface area (Å²) in [5.41, 5.74) is 2.95. The fourth-order valence-corrected chi connectivity index (χ4v) is 2.94. The van der Waals surface area contributed by atoms with Crippen molar-refractivity contribution < 1.29 is 9.53 Å². The van der Waals surface area contributed by atoms with Crippen molar-refractivity contribution in [2.24, 2.45) is 11.8 Å². The molecule has 2 nitrogen and oxygen atoms in total. The summed E-state index contributed by atoms with van der Waals surface area (Å²) in [6.45, 7) is 6.22. The van der Waals surface area contributed by atoms with Crippen molar-refractivity contribution >= 4 is 5.78 Å². The van der Waals surface area contributed by atoms with Crippen molar-refractivity contribution in [3.8, 4) is 5.75 Å². The molecule has 18 heavy (non-hydrogen) atoms. The Hall–Kier alpha value is -1.31. The predicted octanol–water partition coefficient (Wildman–Crippen LogP) is 3.93. The maximum absolute atomic E-state index is 12.5. The molecule has 2 atom stereocenters. The van der Waals surface area contributed by atoms with Crippen LogP contribution in [0.1, 0.15) is 47.7 Å². The Morgan fingerprint density at radius 2 is 1.94 bits per heavy atom. The van der Waals surface area contributed by atoms with Gasteiger partial charge in [0.25, 0.3) is 0 Å². The lowest BCUT2D eigenvalue weighted by molar-refractivity contribution is 0.0919. The van der Waals surface area contributed by atoms with Crippen molar-refractivity contribution in [2.45, 2.75) is 40.0 Å². The number of methoxy groups -OCH3 is 1. The smallest absolute Gasteiger partial charge is 0.166 e. The lowest BCUT2D eigenvalue weighted by Crippen LogP contribution is -2.13. The third-order valence-corrected chi connectivity index (χ3v) is 4.07. The minimum atomic E-state index is 0.228. The van der Waals surface area contributed by atoms with Crippen LogP contribution in [0.5, 0.6) is 5.75 Å². The standard InChI is InChI=1S/C16H22O2/c1-10-5-6-13(7-10)16(17)14-8-12(3)15(18-4)9-11(14)2/h8-10,13H,5-7H2,1-4H3. The molecule has 0 radical (unpaired) electrons. The molecule has 1 aromatic rings. The summed E-state index contributed by atoms with van der Waals surface area (Å²) in [7, 11) is 1.67. The van der Waals surface area contributed by atoms with Crippen LogP contribution >= 0.6 is 0 Å². The van der Waals surface area contributed by atoms with E-state index in [0.717, 1.165) is 35.3 Å². The van der Waals surface area contributed by atoms with Crippen LogP contribution in [0.15, 0.2) is 12.1 Å². The van der Waals surface area contributed by atoms with E-state index in [1.165, 1.54) is 6.42 Å². The normalized spacial score (nSPS) is 23.1. The molecule has 0 spiro atoms. The molecule has 0 bridgehead atoms. The number of ether oxygens (including phenoxy) is 1. The molecule has 1 aliphatic carbocycles. The van der Waals surface area contributed by atoms with Gasteiger partial charge in [0.2, 0.25) is 0 Å². The van der Waals surface area contributed by atoms with Crippen LogP contribution in [0, 0.1) is 25.7 Å². The molecule has 0 aliphatic heterocycles. The van der Waals surface area contributed by atoms with Crippen molar-refractivity contribution in [1.82, 2.24) is 0 Å². The van der Waals surface area contributed by atoms with Gasteiger partial charge in [-0.15, -0.1) is 0 Å². The zero-order valence-corrected chi connectivity index (χ0v) is 11.7. The van der Waals surface area contributed by atoms with Crippen molar-refractivity contribution in [3.05, 3.63) is 28.8 Å². The number of carbonyl (C=O) groups is 1. The number of hydrogen-bond acceptors (Lipinski definition) is 2. The Bertz CT molecular complexity index is 462. The number of hydrogen-bond donors (Lipinski definition) is 0. The molecule has 2 heteroatoms. The molecule has 1 fully saturated rings. The van der Waals surface area contributed by atoms with Gasteiger partial charge in [-0.25, -0.2) is 0 Å². The first-order chi connectivity index (χ1) is 8.52. The van der Waals surface area contributed by atoms with Gasteiger partial charge in [-0.1, -0.05) is 6.92 Å². The van der Waals surface area contributed by atoms with E-state index in [4.69, 9.17) is 4.74 Å². The van der Waals surface area contributed by atoms with Gasteiger partial charge < -0.3 is 4.74 Å². The molecular weight excluding hydrogens is 224 g/mol. The Labute approximate surface area is 109 Å². The average Bonchev–Trinajstić information content (AvgIpc) is 2.77. The van der Waals surface area contributed by atoms with Crippen LogP contribution in [-0.2, 0) is 0 Å². The highest BCUT2D eigenvalue weighted by Crippen LogP contribution is 2.34. The molecule has 98 valence electrons. The lowest BCUT2D eigenvalue weighted by atomic mass is 9.91. The van der Waals surface area contributed by atoms with Crippen molar-refractivity contribution in [1.29, 1.82) is 0 Å². The summed E-state index contributed by atoms with van der Waals surface area (Å²) in [6.07, 6.45) is 3.28. The highest BCUT2D eigenvalue weighted by atomic mass is 16.5. The molecule has 1 saturated carbocycles. The Balaban J connectivity index is 2.28. The second-order valence-electron chi connectivity index (χ2n) is 5.62. The zero-order chi connectivity index (χ0) is 13.3. The van der Waals surface area contributed by atoms with Gasteiger partial charge in [0.15, 0.2) is 5.78 Å². The van der Waals surface area contributed by atoms with Gasteiger partial charge in [-0.05, 0) is 62.3 Å². The summed E-state index contributed by atoms with van der Waals surface area (Å²) >= 11 is 0. The highest BCUT2D eigenvalue weighted by Gasteiger charge is 2.29. The molecular formula is C16H22O2. The van der Waals surface area contributed by atoms with E-state index in [1.807, 2.05) is 26.0 Å². The van der Waals surface area contributed by atoms with E-state index in [9.17, 15) is 4.79 Å². The first kappa shape index (κ1) is 13.1. The maximum Gasteiger partial charge on any atom is 0.166 e. The SMILES string of the molecule is COc1cc(C)c(C(=O)C2CCC(C)C2)cc1C. The van der Waals surface area contributed by atoms with Crippen LogP contribution in [0.3, 0.4) is 0 Å². The summed E-state index contributed by atoms with van der Waals surface area (Å²) in [5, 5.41) is 0. The second kappa shape index (κ2) is 5.13. The van der Waals surface area contributed by atoms with E-state index >= 15 is 0 Å². The predicted molar refractivity (Wildman–Crippen MR) is 73.3 cm³/mol. The van der Waals surface area contributed by atoms with Gasteiger partial charge in [0, 0.05) is 11.5 Å². The van der Waals surface area contributed by atoms with Crippen LogP contribution in [0.4, 0.5) is 0 Å². The second-order valence-corrected chi connectivity index (χ2v) is 5.62. The van der Waals surface area contributed by atoms with Gasteiger partial charge in [-0.3, -0.25) is 4.79 Å².